The van der Waals surface area contributed by atoms with E-state index in [0.717, 1.165) is 19.3 Å². The highest BCUT2D eigenvalue weighted by atomic mass is 16.2. The van der Waals surface area contributed by atoms with Gasteiger partial charge in [-0.25, -0.2) is 0 Å². The smallest absolute Gasteiger partial charge is 0.239 e. The minimum atomic E-state index is -0.0346. The van der Waals surface area contributed by atoms with E-state index in [1.165, 1.54) is 19.3 Å². The second kappa shape index (κ2) is 7.30. The Kier molecular flexibility index (Phi) is 6.01. The lowest BCUT2D eigenvalue weighted by Crippen LogP contribution is -2.46. The number of hydrogen-bond donors (Lipinski definition) is 1. The van der Waals surface area contributed by atoms with Crippen LogP contribution in [0.25, 0.3) is 0 Å². The van der Waals surface area contributed by atoms with Crippen LogP contribution in [0.2, 0.25) is 0 Å². The lowest BCUT2D eigenvalue weighted by atomic mass is 9.94. The van der Waals surface area contributed by atoms with Gasteiger partial charge in [0.05, 0.1) is 6.54 Å². The maximum Gasteiger partial charge on any atom is 0.239 e. The molecule has 1 fully saturated rings. The van der Waals surface area contributed by atoms with Gasteiger partial charge in [0, 0.05) is 19.5 Å². The Morgan fingerprint density at radius 1 is 1.24 bits per heavy atom. The molecule has 0 bridgehead atoms. The van der Waals surface area contributed by atoms with Gasteiger partial charge >= 0.3 is 0 Å². The number of carbonyl (C=O) groups excluding carboxylic acids is 2. The average Bonchev–Trinajstić information content (AvgIpc) is 2.34. The van der Waals surface area contributed by atoms with Crippen molar-refractivity contribution in [1.29, 1.82) is 0 Å². The van der Waals surface area contributed by atoms with Crippen molar-refractivity contribution in [2.45, 2.75) is 58.4 Å². The molecule has 0 aromatic heterocycles. The van der Waals surface area contributed by atoms with Crippen LogP contribution in [-0.2, 0) is 9.59 Å². The first kappa shape index (κ1) is 14.0. The van der Waals surface area contributed by atoms with Gasteiger partial charge in [-0.1, -0.05) is 26.2 Å². The fraction of sp³-hybridized carbons (Fsp3) is 0.846. The van der Waals surface area contributed by atoms with E-state index >= 15 is 0 Å². The van der Waals surface area contributed by atoms with Crippen molar-refractivity contribution in [3.05, 3.63) is 0 Å². The fourth-order valence-electron chi connectivity index (χ4n) is 2.37. The molecule has 0 radical (unpaired) electrons. The molecule has 0 aliphatic heterocycles. The van der Waals surface area contributed by atoms with Crippen molar-refractivity contribution < 1.29 is 9.59 Å². The molecule has 0 aromatic carbocycles. The normalized spacial score (nSPS) is 16.6. The van der Waals surface area contributed by atoms with E-state index in [-0.39, 0.29) is 24.4 Å². The van der Waals surface area contributed by atoms with E-state index in [2.05, 4.69) is 5.32 Å². The van der Waals surface area contributed by atoms with Gasteiger partial charge < -0.3 is 10.2 Å². The molecule has 0 unspecified atom stereocenters. The van der Waals surface area contributed by atoms with Gasteiger partial charge in [-0.05, 0) is 19.3 Å². The Bertz CT molecular complexity index is 260. The van der Waals surface area contributed by atoms with Crippen LogP contribution in [0.3, 0.4) is 0 Å². The summed E-state index contributed by atoms with van der Waals surface area (Å²) >= 11 is 0. The first-order valence-corrected chi connectivity index (χ1v) is 6.69. The Labute approximate surface area is 104 Å². The average molecular weight is 240 g/mol. The zero-order valence-electron chi connectivity index (χ0n) is 11.0. The van der Waals surface area contributed by atoms with E-state index in [9.17, 15) is 9.59 Å². The molecule has 1 N–H and O–H groups in total. The van der Waals surface area contributed by atoms with Gasteiger partial charge in [0.2, 0.25) is 11.8 Å². The predicted molar refractivity (Wildman–Crippen MR) is 67.6 cm³/mol. The lowest BCUT2D eigenvalue weighted by Gasteiger charge is -2.33. The van der Waals surface area contributed by atoms with Gasteiger partial charge in [0.15, 0.2) is 0 Å². The summed E-state index contributed by atoms with van der Waals surface area (Å²) in [6, 6.07) is 0.272. The number of amides is 2. The molecule has 17 heavy (non-hydrogen) atoms. The number of carbonyl (C=O) groups is 2. The van der Waals surface area contributed by atoms with E-state index in [1.54, 1.807) is 11.8 Å². The Morgan fingerprint density at radius 3 is 2.41 bits per heavy atom. The molecular formula is C13H24N2O2. The predicted octanol–water partition coefficient (Wildman–Crippen LogP) is 1.69. The molecule has 2 amide bonds. The van der Waals surface area contributed by atoms with Crippen molar-refractivity contribution in [3.8, 4) is 0 Å². The zero-order chi connectivity index (χ0) is 12.7. The largest absolute Gasteiger partial charge is 0.355 e. The van der Waals surface area contributed by atoms with Crippen LogP contribution in [0.5, 0.6) is 0 Å². The van der Waals surface area contributed by atoms with E-state index < -0.39 is 0 Å². The van der Waals surface area contributed by atoms with Crippen LogP contribution in [0, 0.1) is 0 Å². The summed E-state index contributed by atoms with van der Waals surface area (Å²) in [7, 11) is 0. The topological polar surface area (TPSA) is 49.4 Å². The van der Waals surface area contributed by atoms with Gasteiger partial charge in [0.1, 0.15) is 0 Å². The minimum absolute atomic E-state index is 0.0172. The quantitative estimate of drug-likeness (QED) is 0.795. The van der Waals surface area contributed by atoms with Crippen molar-refractivity contribution in [2.75, 3.05) is 13.1 Å². The van der Waals surface area contributed by atoms with Crippen molar-refractivity contribution >= 4 is 11.8 Å². The first-order chi connectivity index (χ1) is 8.15. The molecule has 0 saturated heterocycles. The second-order valence-electron chi connectivity index (χ2n) is 4.79. The Balaban J connectivity index is 2.47. The summed E-state index contributed by atoms with van der Waals surface area (Å²) in [5.41, 5.74) is 0. The monoisotopic (exact) mass is 240 g/mol. The van der Waals surface area contributed by atoms with Gasteiger partial charge in [-0.2, -0.15) is 0 Å². The molecular weight excluding hydrogens is 216 g/mol. The van der Waals surface area contributed by atoms with E-state index in [0.29, 0.717) is 6.54 Å². The van der Waals surface area contributed by atoms with Crippen LogP contribution in [-0.4, -0.2) is 35.8 Å². The molecule has 0 heterocycles. The molecule has 1 aliphatic carbocycles. The molecule has 1 rings (SSSR count). The van der Waals surface area contributed by atoms with Gasteiger partial charge in [-0.15, -0.1) is 0 Å². The van der Waals surface area contributed by atoms with Crippen molar-refractivity contribution in [1.82, 2.24) is 10.2 Å². The van der Waals surface area contributed by atoms with Crippen LogP contribution < -0.4 is 5.32 Å². The van der Waals surface area contributed by atoms with Crippen molar-refractivity contribution in [3.63, 3.8) is 0 Å². The van der Waals surface area contributed by atoms with Crippen LogP contribution >= 0.6 is 0 Å². The summed E-state index contributed by atoms with van der Waals surface area (Å²) in [6.07, 6.45) is 6.61. The molecule has 1 aliphatic rings. The summed E-state index contributed by atoms with van der Waals surface area (Å²) in [4.78, 5) is 25.0. The highest BCUT2D eigenvalue weighted by Gasteiger charge is 2.24. The third-order valence-corrected chi connectivity index (χ3v) is 3.31. The summed E-state index contributed by atoms with van der Waals surface area (Å²) < 4.78 is 0. The SMILES string of the molecule is CCCNC(=O)CN(C(C)=O)C1CCCCC1. The zero-order valence-corrected chi connectivity index (χ0v) is 11.0. The van der Waals surface area contributed by atoms with E-state index in [4.69, 9.17) is 0 Å². The number of nitrogens with zero attached hydrogens (tertiary/aromatic N) is 1. The number of rotatable bonds is 5. The lowest BCUT2D eigenvalue weighted by molar-refractivity contribution is -0.137. The molecule has 1 saturated carbocycles. The van der Waals surface area contributed by atoms with Gasteiger partial charge in [0.25, 0.3) is 0 Å². The maximum atomic E-state index is 11.7. The minimum Gasteiger partial charge on any atom is -0.355 e. The van der Waals surface area contributed by atoms with E-state index in [1.807, 2.05) is 6.92 Å². The number of hydrogen-bond acceptors (Lipinski definition) is 2. The Morgan fingerprint density at radius 2 is 1.88 bits per heavy atom. The summed E-state index contributed by atoms with van der Waals surface area (Å²) in [5.74, 6) is -0.0174. The van der Waals surface area contributed by atoms with Crippen LogP contribution in [0.1, 0.15) is 52.4 Å². The highest BCUT2D eigenvalue weighted by molar-refractivity contribution is 5.83. The van der Waals surface area contributed by atoms with Gasteiger partial charge in [-0.3, -0.25) is 9.59 Å². The molecule has 0 aromatic rings. The number of nitrogens with one attached hydrogen (secondary N) is 1. The Hall–Kier alpha value is -1.06. The first-order valence-electron chi connectivity index (χ1n) is 6.69. The molecule has 0 spiro atoms. The maximum absolute atomic E-state index is 11.7. The third-order valence-electron chi connectivity index (χ3n) is 3.31. The standard InChI is InChI=1S/C13H24N2O2/c1-3-9-14-13(17)10-15(11(2)16)12-7-5-4-6-8-12/h12H,3-10H2,1-2H3,(H,14,17). The van der Waals surface area contributed by atoms with Crippen molar-refractivity contribution in [2.24, 2.45) is 0 Å². The van der Waals surface area contributed by atoms with Crippen LogP contribution in [0.15, 0.2) is 0 Å². The second-order valence-corrected chi connectivity index (χ2v) is 4.79. The third kappa shape index (κ3) is 4.75. The highest BCUT2D eigenvalue weighted by Crippen LogP contribution is 2.22. The fourth-order valence-corrected chi connectivity index (χ4v) is 2.37. The summed E-state index contributed by atoms with van der Waals surface area (Å²) in [6.45, 7) is 4.49. The molecule has 4 heteroatoms. The molecule has 98 valence electrons. The summed E-state index contributed by atoms with van der Waals surface area (Å²) in [5, 5.41) is 2.82. The molecule has 0 atom stereocenters. The molecule has 4 nitrogen and oxygen atoms in total. The van der Waals surface area contributed by atoms with Crippen LogP contribution in [0.4, 0.5) is 0 Å².